The molecule has 7 rings (SSSR count). The van der Waals surface area contributed by atoms with E-state index in [9.17, 15) is 37.9 Å². The monoisotopic (exact) mass is 866 g/mol. The molecule has 15 nitrogen and oxygen atoms in total. The van der Waals surface area contributed by atoms with Gasteiger partial charge in [0.15, 0.2) is 5.82 Å². The first kappa shape index (κ1) is 44.1. The quantitative estimate of drug-likeness (QED) is 0.146. The summed E-state index contributed by atoms with van der Waals surface area (Å²) in [5.74, 6) is -0.326. The average Bonchev–Trinajstić information content (AvgIpc) is 3.62. The minimum absolute atomic E-state index is 0.00190. The molecule has 3 amide bonds. The number of carbonyl (C=O) groups is 3. The number of halogens is 3. The van der Waals surface area contributed by atoms with Crippen molar-refractivity contribution in [3.8, 4) is 6.07 Å². The molecule has 0 bridgehead atoms. The van der Waals surface area contributed by atoms with Crippen LogP contribution in [-0.2, 0) is 37.1 Å². The standard InChI is InChI=1S/C42H50F3N9O6S/c1-24-19-30(20-25(2)52(24)23-35(56)47-33-8-6-7-31-36(33)50(5)49-37(31)51-16-15-34(55)48-39(51)58)60-18-17-59-29-13-11-27(12-14-29)54-40(61)53(38(57)41(54,3)4)28-10-9-26(22-46)32(21-28)42(43,44)45/h6-10,21,24-25,29-30,39,58H,11-20,23H2,1-5H3,(H-,47,48,55,56)/p+1/t24-,25+,29?,30?,39?. The van der Waals surface area contributed by atoms with Crippen LogP contribution in [0.3, 0.4) is 0 Å². The van der Waals surface area contributed by atoms with Crippen molar-refractivity contribution in [3.05, 3.63) is 47.5 Å². The second kappa shape index (κ2) is 17.4. The number of hydrogen-bond donors (Lipinski definition) is 3. The number of aryl methyl sites for hydroxylation is 1. The third-order valence-electron chi connectivity index (χ3n) is 12.2. The number of carbonyl (C=O) groups excluding carboxylic acids is 3. The van der Waals surface area contributed by atoms with Crippen molar-refractivity contribution in [2.24, 2.45) is 7.05 Å². The molecular formula is C42H51F3N9O6S+. The molecule has 3 saturated heterocycles. The number of aliphatic hydroxyl groups excluding tert-OH is 1. The highest BCUT2D eigenvalue weighted by atomic mass is 32.1. The smallest absolute Gasteiger partial charge is 0.376 e. The lowest BCUT2D eigenvalue weighted by Crippen LogP contribution is -2.54. The van der Waals surface area contributed by atoms with Gasteiger partial charge in [0, 0.05) is 62.5 Å². The second-order valence-corrected chi connectivity index (χ2v) is 17.1. The van der Waals surface area contributed by atoms with Crippen molar-refractivity contribution in [1.82, 2.24) is 20.0 Å². The number of benzene rings is 2. The highest BCUT2D eigenvalue weighted by Crippen LogP contribution is 2.38. The Bertz CT molecular complexity index is 2290. The fourth-order valence-corrected chi connectivity index (χ4v) is 9.70. The molecule has 19 heteroatoms. The first-order chi connectivity index (χ1) is 28.9. The summed E-state index contributed by atoms with van der Waals surface area (Å²) in [4.78, 5) is 43.8. The van der Waals surface area contributed by atoms with Gasteiger partial charge in [-0.05, 0) is 83.7 Å². The fraction of sp³-hybridized carbons (Fsp3) is 0.548. The van der Waals surface area contributed by atoms with Crippen LogP contribution in [0.25, 0.3) is 10.9 Å². The normalized spacial score (nSPS) is 25.0. The number of aromatic nitrogens is 2. The van der Waals surface area contributed by atoms with Gasteiger partial charge in [-0.2, -0.15) is 23.5 Å². The van der Waals surface area contributed by atoms with Crippen molar-refractivity contribution >= 4 is 68.9 Å². The summed E-state index contributed by atoms with van der Waals surface area (Å²) in [6.07, 6.45) is -1.73. The molecular weight excluding hydrogens is 816 g/mol. The molecule has 3 aromatic rings. The van der Waals surface area contributed by atoms with E-state index in [-0.39, 0.29) is 59.9 Å². The average molecular weight is 867 g/mol. The van der Waals surface area contributed by atoms with E-state index in [4.69, 9.17) is 21.7 Å². The number of nitriles is 1. The summed E-state index contributed by atoms with van der Waals surface area (Å²) in [5, 5.41) is 30.7. The lowest BCUT2D eigenvalue weighted by Gasteiger charge is -2.42. The van der Waals surface area contributed by atoms with E-state index in [2.05, 4.69) is 34.5 Å². The van der Waals surface area contributed by atoms with E-state index in [0.29, 0.717) is 62.5 Å². The Balaban J connectivity index is 0.878. The number of nitrogens with zero attached hydrogens (tertiary/aromatic N) is 7. The van der Waals surface area contributed by atoms with E-state index in [0.717, 1.165) is 41.0 Å². The summed E-state index contributed by atoms with van der Waals surface area (Å²) in [6.45, 7) is 8.91. The summed E-state index contributed by atoms with van der Waals surface area (Å²) < 4.78 is 57.1. The Morgan fingerprint density at radius 2 is 1.75 bits per heavy atom. The molecule has 1 aliphatic carbocycles. The number of amides is 3. The fourth-order valence-electron chi connectivity index (χ4n) is 9.16. The van der Waals surface area contributed by atoms with Crippen molar-refractivity contribution in [1.29, 1.82) is 5.26 Å². The van der Waals surface area contributed by atoms with Gasteiger partial charge in [0.1, 0.15) is 5.69 Å². The number of fused-ring (bicyclic) bond motifs is 1. The highest BCUT2D eigenvalue weighted by molar-refractivity contribution is 7.80. The molecule has 2 unspecified atom stereocenters. The summed E-state index contributed by atoms with van der Waals surface area (Å²) >= 11 is 5.72. The zero-order valence-electron chi connectivity index (χ0n) is 34.8. The highest BCUT2D eigenvalue weighted by Gasteiger charge is 2.57. The van der Waals surface area contributed by atoms with Crippen LogP contribution in [0, 0.1) is 11.3 Å². The van der Waals surface area contributed by atoms with Gasteiger partial charge >= 0.3 is 17.2 Å². The molecule has 3 aliphatic heterocycles. The van der Waals surface area contributed by atoms with Crippen LogP contribution in [0.1, 0.15) is 83.8 Å². The number of likely N-dealkylation sites (tertiary alicyclic amines) is 1. The van der Waals surface area contributed by atoms with Crippen molar-refractivity contribution in [3.63, 3.8) is 0 Å². The maximum absolute atomic E-state index is 13.7. The number of para-hydroxylation sites is 1. The Kier molecular flexibility index (Phi) is 12.6. The van der Waals surface area contributed by atoms with Crippen molar-refractivity contribution in [2.75, 3.05) is 41.4 Å². The van der Waals surface area contributed by atoms with E-state index in [1.54, 1.807) is 41.1 Å². The first-order valence-corrected chi connectivity index (χ1v) is 20.9. The summed E-state index contributed by atoms with van der Waals surface area (Å²) in [7, 11) is 1.77. The first-order valence-electron chi connectivity index (χ1n) is 20.5. The van der Waals surface area contributed by atoms with Crippen LogP contribution >= 0.6 is 12.2 Å². The molecule has 1 saturated carbocycles. The second-order valence-electron chi connectivity index (χ2n) is 16.7. The SMILES string of the molecule is C[C@@H]1CC(OCCOC2CCC(=[N+]3C(=S)N(c4ccc(C#N)c(C(F)(F)F)c4)C(=O)C3(C)C)CC2)C[C@H](C)N1CC(=O)Nc1cccc2c(N3CCC(=O)NC3O)nn(C)c12. The summed E-state index contributed by atoms with van der Waals surface area (Å²) in [5.41, 5.74) is -0.575. The molecule has 4 atom stereocenters. The van der Waals surface area contributed by atoms with Crippen molar-refractivity contribution < 1.29 is 46.7 Å². The maximum atomic E-state index is 13.7. The Morgan fingerprint density at radius 3 is 2.39 bits per heavy atom. The van der Waals surface area contributed by atoms with Gasteiger partial charge in [-0.1, -0.05) is 6.07 Å². The Morgan fingerprint density at radius 1 is 1.08 bits per heavy atom. The molecule has 61 heavy (non-hydrogen) atoms. The number of ether oxygens (including phenoxy) is 2. The van der Waals surface area contributed by atoms with Gasteiger partial charge in [0.2, 0.25) is 23.7 Å². The molecule has 2 aromatic carbocycles. The van der Waals surface area contributed by atoms with Gasteiger partial charge in [-0.15, -0.1) is 4.90 Å². The van der Waals surface area contributed by atoms with Crippen LogP contribution in [-0.4, -0.2) is 115 Å². The van der Waals surface area contributed by atoms with Crippen LogP contribution in [0.5, 0.6) is 0 Å². The van der Waals surface area contributed by atoms with Gasteiger partial charge in [0.25, 0.3) is 0 Å². The maximum Gasteiger partial charge on any atom is 0.417 e. The van der Waals surface area contributed by atoms with Crippen LogP contribution in [0.4, 0.5) is 30.4 Å². The number of hydrogen-bond acceptors (Lipinski definition) is 11. The molecule has 4 aliphatic rings. The lowest BCUT2D eigenvalue weighted by molar-refractivity contribution is -0.468. The zero-order chi connectivity index (χ0) is 44.0. The number of thiocarbonyl (C=S) groups is 1. The number of nitrogens with one attached hydrogen (secondary N) is 2. The van der Waals surface area contributed by atoms with Gasteiger partial charge in [-0.25, -0.2) is 9.37 Å². The number of piperidine rings is 1. The van der Waals surface area contributed by atoms with E-state index in [1.165, 1.54) is 6.07 Å². The molecule has 0 radical (unpaired) electrons. The Labute approximate surface area is 357 Å². The van der Waals surface area contributed by atoms with Crippen LogP contribution in [0.15, 0.2) is 36.4 Å². The molecule has 4 fully saturated rings. The minimum Gasteiger partial charge on any atom is -0.376 e. The van der Waals surface area contributed by atoms with Crippen LogP contribution < -0.4 is 20.4 Å². The predicted molar refractivity (Wildman–Crippen MR) is 224 cm³/mol. The third-order valence-corrected chi connectivity index (χ3v) is 12.6. The van der Waals surface area contributed by atoms with Gasteiger partial charge in [0.05, 0.1) is 66.1 Å². The molecule has 326 valence electrons. The number of alkyl halides is 3. The predicted octanol–water partition coefficient (Wildman–Crippen LogP) is 4.79. The van der Waals surface area contributed by atoms with Gasteiger partial charge < -0.3 is 30.1 Å². The topological polar surface area (TPSA) is 168 Å². The zero-order valence-corrected chi connectivity index (χ0v) is 35.6. The molecule has 1 aromatic heterocycles. The van der Waals surface area contributed by atoms with Crippen molar-refractivity contribution in [2.45, 2.75) is 115 Å². The minimum atomic E-state index is -4.77. The lowest BCUT2D eigenvalue weighted by atomic mass is 9.93. The van der Waals surface area contributed by atoms with Crippen LogP contribution in [0.2, 0.25) is 0 Å². The molecule has 3 N–H and O–H groups in total. The largest absolute Gasteiger partial charge is 0.417 e. The summed E-state index contributed by atoms with van der Waals surface area (Å²) in [6, 6.07) is 10.4. The van der Waals surface area contributed by atoms with E-state index < -0.39 is 35.1 Å². The molecule has 4 heterocycles. The van der Waals surface area contributed by atoms with E-state index >= 15 is 0 Å². The number of rotatable bonds is 10. The van der Waals surface area contributed by atoms with E-state index in [1.807, 2.05) is 18.2 Å². The molecule has 0 spiro atoms. The van der Waals surface area contributed by atoms with Gasteiger partial charge in [-0.3, -0.25) is 19.2 Å². The number of anilines is 3. The number of aliphatic hydroxyl groups is 1. The Hall–Kier alpha value is -5.00. The third kappa shape index (κ3) is 8.87.